The number of carbonyl (C=O) groups is 3. The van der Waals surface area contributed by atoms with Crippen LogP contribution < -0.4 is 14.2 Å². The molecule has 14 nitrogen and oxygen atoms in total. The van der Waals surface area contributed by atoms with Gasteiger partial charge in [-0.05, 0) is 74.1 Å². The normalized spacial score (nSPS) is 14.3. The summed E-state index contributed by atoms with van der Waals surface area (Å²) in [6, 6.07) is 13.1. The fourth-order valence-electron chi connectivity index (χ4n) is 8.40. The number of hydrogen-bond donors (Lipinski definition) is 4. The highest BCUT2D eigenvalue weighted by Crippen LogP contribution is 2.33. The lowest BCUT2D eigenvalue weighted by atomic mass is 10.0. The molecule has 2 aliphatic heterocycles. The lowest BCUT2D eigenvalue weighted by molar-refractivity contribution is -0.145. The predicted octanol–water partition coefficient (Wildman–Crippen LogP) is 10.9. The van der Waals surface area contributed by atoms with E-state index in [0.717, 1.165) is 76.1 Å². The minimum atomic E-state index is -0.775. The van der Waals surface area contributed by atoms with E-state index in [1.165, 1.54) is 103 Å². The van der Waals surface area contributed by atoms with E-state index in [2.05, 4.69) is 23.5 Å². The predicted molar refractivity (Wildman–Crippen MR) is 296 cm³/mol. The first-order chi connectivity index (χ1) is 35.3. The first-order valence-electron chi connectivity index (χ1n) is 27.1. The largest absolute Gasteiger partial charge is 0.484 e. The first kappa shape index (κ1) is 67.9. The zero-order chi connectivity index (χ0) is 53.3. The summed E-state index contributed by atoms with van der Waals surface area (Å²) >= 11 is 5.85. The molecule has 1 saturated heterocycles. The van der Waals surface area contributed by atoms with Gasteiger partial charge in [-0.1, -0.05) is 126 Å². The number of allylic oxidation sites excluding steroid dienone is 1. The van der Waals surface area contributed by atoms with Crippen LogP contribution in [0.15, 0.2) is 55.1 Å². The second kappa shape index (κ2) is 44.1. The zero-order valence-corrected chi connectivity index (χ0v) is 46.4. The number of unbranched alkanes of at least 4 members (excludes halogenated alkanes) is 18. The van der Waals surface area contributed by atoms with Crippen molar-refractivity contribution >= 4 is 41.9 Å². The first-order valence-corrected chi connectivity index (χ1v) is 27.5. The van der Waals surface area contributed by atoms with Crippen LogP contribution in [-0.4, -0.2) is 125 Å². The highest BCUT2D eigenvalue weighted by atomic mass is 35.5. The molecule has 0 saturated carbocycles. The van der Waals surface area contributed by atoms with Crippen molar-refractivity contribution in [3.05, 3.63) is 65.7 Å². The molecule has 4 N–H and O–H groups in total. The number of ether oxygens (including phenoxy) is 5. The fraction of sp³-hybridized carbons (Fsp3) is 0.672. The number of terminal acetylenes is 1. The maximum Gasteiger partial charge on any atom is 0.302 e. The molecular formula is C58H92Cl2N2O12. The van der Waals surface area contributed by atoms with Crippen molar-refractivity contribution in [2.45, 2.75) is 199 Å². The van der Waals surface area contributed by atoms with E-state index in [1.54, 1.807) is 24.3 Å². The molecule has 1 amide bonds. The van der Waals surface area contributed by atoms with Crippen LogP contribution in [0.3, 0.4) is 0 Å². The van der Waals surface area contributed by atoms with Crippen LogP contribution in [0.4, 0.5) is 0 Å². The molecule has 74 heavy (non-hydrogen) atoms. The topological polar surface area (TPSA) is 185 Å². The van der Waals surface area contributed by atoms with E-state index in [4.69, 9.17) is 41.7 Å². The molecule has 16 heteroatoms. The Morgan fingerprint density at radius 3 is 1.64 bits per heavy atom. The highest BCUT2D eigenvalue weighted by molar-refractivity contribution is 6.30. The molecule has 1 fully saturated rings. The summed E-state index contributed by atoms with van der Waals surface area (Å²) < 4.78 is 25.7. The van der Waals surface area contributed by atoms with E-state index < -0.39 is 36.4 Å². The van der Waals surface area contributed by atoms with Crippen molar-refractivity contribution in [1.82, 2.24) is 9.80 Å². The van der Waals surface area contributed by atoms with Gasteiger partial charge in [0.2, 0.25) is 6.79 Å². The molecule has 0 spiro atoms. The van der Waals surface area contributed by atoms with Crippen LogP contribution in [0.25, 0.3) is 0 Å². The summed E-state index contributed by atoms with van der Waals surface area (Å²) in [4.78, 5) is 37.8. The van der Waals surface area contributed by atoms with Crippen molar-refractivity contribution < 1.29 is 58.5 Å². The number of hydrogen-bond acceptors (Lipinski definition) is 13. The van der Waals surface area contributed by atoms with Crippen LogP contribution in [-0.2, 0) is 30.4 Å². The number of fused-ring (bicyclic) bond motifs is 1. The van der Waals surface area contributed by atoms with Gasteiger partial charge in [-0.2, -0.15) is 0 Å². The van der Waals surface area contributed by atoms with Gasteiger partial charge in [0.15, 0.2) is 18.1 Å². The Kier molecular flexibility index (Phi) is 40.5. The lowest BCUT2D eigenvalue weighted by Gasteiger charge is -2.34. The fourth-order valence-corrected chi connectivity index (χ4v) is 8.52. The van der Waals surface area contributed by atoms with Crippen molar-refractivity contribution in [3.63, 3.8) is 0 Å². The van der Waals surface area contributed by atoms with Gasteiger partial charge in [0, 0.05) is 70.9 Å². The number of piperazine rings is 1. The van der Waals surface area contributed by atoms with E-state index in [0.29, 0.717) is 36.7 Å². The number of carbonyl (C=O) groups excluding carboxylic acids is 3. The third-order valence-corrected chi connectivity index (χ3v) is 12.8. The Morgan fingerprint density at radius 1 is 0.676 bits per heavy atom. The van der Waals surface area contributed by atoms with E-state index in [1.807, 2.05) is 23.1 Å². The molecule has 0 aromatic heterocycles. The maximum absolute atomic E-state index is 12.4. The molecule has 4 atom stereocenters. The second-order valence-corrected chi connectivity index (χ2v) is 19.7. The SMILES string of the molecule is C#CCCCCCCCCCCCC(O)CC(O)COC(C)=O.C=CCCCCCCCCCCCC(O)CC(O)COC(C)=O.Cl.O=C(COc1ccc(Cl)cc1)N1CCN(Cc2ccc3c(c2)OCO3)CC1. The summed E-state index contributed by atoms with van der Waals surface area (Å²) in [7, 11) is 0. The Morgan fingerprint density at radius 2 is 1.15 bits per heavy atom. The quantitative estimate of drug-likeness (QED) is 0.0219. The number of benzene rings is 2. The number of aliphatic hydroxyl groups excluding tert-OH is 4. The summed E-state index contributed by atoms with van der Waals surface area (Å²) in [5.41, 5.74) is 1.19. The third-order valence-electron chi connectivity index (χ3n) is 12.6. The molecule has 420 valence electrons. The van der Waals surface area contributed by atoms with E-state index in [-0.39, 0.29) is 57.8 Å². The van der Waals surface area contributed by atoms with Gasteiger partial charge in [0.1, 0.15) is 19.0 Å². The monoisotopic (exact) mass is 1080 g/mol. The summed E-state index contributed by atoms with van der Waals surface area (Å²) in [6.45, 7) is 10.5. The molecule has 0 bridgehead atoms. The Labute approximate surface area is 455 Å². The van der Waals surface area contributed by atoms with Crippen molar-refractivity contribution in [3.8, 4) is 29.6 Å². The summed E-state index contributed by atoms with van der Waals surface area (Å²) in [5.74, 6) is 4.12. The average Bonchev–Trinajstić information content (AvgIpc) is 3.84. The average molecular weight is 1080 g/mol. The molecule has 2 heterocycles. The second-order valence-electron chi connectivity index (χ2n) is 19.3. The standard InChI is InChI=1S/C20H21ClN2O4.C19H36O4.C19H34O4.ClH/c21-16-2-4-17(5-3-16)25-13-20(24)23-9-7-22(8-10-23)12-15-1-6-18-19(11-15)27-14-26-18;2*1-3-4-5-6-7-8-9-10-11-12-13-14-18(21)15-19(22)16-23-17(2)20;/h1-6,11H,7-10,12-14H2;3,18-19,21-22H,1,4-16H2,2H3;1,18-19,21-22H,4-16H2,2H3;1H. The van der Waals surface area contributed by atoms with Crippen LogP contribution in [0.2, 0.25) is 5.02 Å². The van der Waals surface area contributed by atoms with Crippen molar-refractivity contribution in [2.24, 2.45) is 0 Å². The molecule has 4 unspecified atom stereocenters. The van der Waals surface area contributed by atoms with Crippen LogP contribution >= 0.6 is 24.0 Å². The molecule has 4 rings (SSSR count). The van der Waals surface area contributed by atoms with Crippen molar-refractivity contribution in [1.29, 1.82) is 0 Å². The Bertz CT molecular complexity index is 1810. The minimum absolute atomic E-state index is 0. The smallest absolute Gasteiger partial charge is 0.302 e. The molecular weight excluding hydrogens is 988 g/mol. The number of aliphatic hydroxyl groups is 4. The molecule has 0 aliphatic carbocycles. The Balaban J connectivity index is 0.000000555. The number of esters is 2. The van der Waals surface area contributed by atoms with Gasteiger partial charge in [-0.3, -0.25) is 19.3 Å². The van der Waals surface area contributed by atoms with Gasteiger partial charge in [0.05, 0.1) is 24.4 Å². The van der Waals surface area contributed by atoms with Crippen LogP contribution in [0.5, 0.6) is 17.2 Å². The highest BCUT2D eigenvalue weighted by Gasteiger charge is 2.23. The molecule has 2 aliphatic rings. The van der Waals surface area contributed by atoms with E-state index >= 15 is 0 Å². The van der Waals surface area contributed by atoms with Gasteiger partial charge in [0.25, 0.3) is 5.91 Å². The van der Waals surface area contributed by atoms with E-state index in [9.17, 15) is 34.8 Å². The van der Waals surface area contributed by atoms with Gasteiger partial charge in [-0.15, -0.1) is 31.3 Å². The van der Waals surface area contributed by atoms with Crippen LogP contribution in [0.1, 0.15) is 174 Å². The number of amides is 1. The minimum Gasteiger partial charge on any atom is -0.484 e. The zero-order valence-electron chi connectivity index (χ0n) is 44.8. The van der Waals surface area contributed by atoms with Gasteiger partial charge < -0.3 is 49.0 Å². The molecule has 0 radical (unpaired) electrons. The summed E-state index contributed by atoms with van der Waals surface area (Å²) in [6.07, 6.45) is 30.5. The lowest BCUT2D eigenvalue weighted by Crippen LogP contribution is -2.49. The summed E-state index contributed by atoms with van der Waals surface area (Å²) in [5, 5.41) is 39.5. The Hall–Kier alpha value is -4.07. The number of halogens is 2. The number of rotatable bonds is 36. The van der Waals surface area contributed by atoms with Crippen LogP contribution in [0, 0.1) is 12.3 Å². The van der Waals surface area contributed by atoms with Gasteiger partial charge >= 0.3 is 11.9 Å². The molecule has 2 aromatic rings. The molecule has 2 aromatic carbocycles. The van der Waals surface area contributed by atoms with Gasteiger partial charge in [-0.25, -0.2) is 0 Å². The van der Waals surface area contributed by atoms with Crippen molar-refractivity contribution in [2.75, 3.05) is 52.8 Å². The number of nitrogens with zero attached hydrogens (tertiary/aromatic N) is 2. The maximum atomic E-state index is 12.4. The third kappa shape index (κ3) is 36.0.